The average Bonchev–Trinajstić information content (AvgIpc) is 2.90. The highest BCUT2D eigenvalue weighted by atomic mass is 16.1. The number of fused-ring (bicyclic) bond motifs is 1. The van der Waals surface area contributed by atoms with Crippen molar-refractivity contribution < 1.29 is 4.79 Å². The zero-order chi connectivity index (χ0) is 14.1. The van der Waals surface area contributed by atoms with Crippen LogP contribution in [0.15, 0.2) is 18.2 Å². The highest BCUT2D eigenvalue weighted by Crippen LogP contribution is 2.29. The van der Waals surface area contributed by atoms with Gasteiger partial charge in [0.15, 0.2) is 0 Å². The van der Waals surface area contributed by atoms with Crippen LogP contribution in [0.4, 0.5) is 0 Å². The van der Waals surface area contributed by atoms with E-state index in [1.165, 1.54) is 43.2 Å². The summed E-state index contributed by atoms with van der Waals surface area (Å²) in [5.41, 5.74) is 3.65. The third-order valence-corrected chi connectivity index (χ3v) is 5.20. The lowest BCUT2D eigenvalue weighted by Crippen LogP contribution is -2.45. The van der Waals surface area contributed by atoms with Crippen LogP contribution in [0.1, 0.15) is 61.0 Å². The number of rotatable bonds is 2. The summed E-state index contributed by atoms with van der Waals surface area (Å²) in [6.45, 7) is 4.53. The summed E-state index contributed by atoms with van der Waals surface area (Å²) in [5.74, 6) is 1.31. The summed E-state index contributed by atoms with van der Waals surface area (Å²) < 4.78 is 0. The Morgan fingerprint density at radius 1 is 1.05 bits per heavy atom. The number of hydrogen-bond acceptors (Lipinski definition) is 1. The van der Waals surface area contributed by atoms with Gasteiger partial charge in [-0.05, 0) is 67.2 Å². The summed E-state index contributed by atoms with van der Waals surface area (Å²) >= 11 is 0. The molecule has 1 aromatic carbocycles. The topological polar surface area (TPSA) is 29.1 Å². The zero-order valence-electron chi connectivity index (χ0n) is 12.6. The lowest BCUT2D eigenvalue weighted by atomic mass is 9.78. The maximum absolute atomic E-state index is 12.5. The molecule has 1 N–H and O–H groups in total. The Kier molecular flexibility index (Phi) is 3.82. The molecule has 1 amide bonds. The Balaban J connectivity index is 1.72. The first-order valence-electron chi connectivity index (χ1n) is 8.08. The highest BCUT2D eigenvalue weighted by molar-refractivity contribution is 5.94. The van der Waals surface area contributed by atoms with E-state index in [1.807, 2.05) is 6.07 Å². The van der Waals surface area contributed by atoms with Gasteiger partial charge in [0.05, 0.1) is 0 Å². The number of carbonyl (C=O) groups excluding carboxylic acids is 1. The van der Waals surface area contributed by atoms with E-state index in [9.17, 15) is 4.79 Å². The molecule has 20 heavy (non-hydrogen) atoms. The Bertz CT molecular complexity index is 498. The smallest absolute Gasteiger partial charge is 0.251 e. The third-order valence-electron chi connectivity index (χ3n) is 5.20. The molecule has 2 nitrogen and oxygen atoms in total. The molecule has 2 heteroatoms. The molecule has 0 saturated heterocycles. The van der Waals surface area contributed by atoms with Gasteiger partial charge in [0.2, 0.25) is 0 Å². The second kappa shape index (κ2) is 5.59. The molecule has 0 spiro atoms. The molecule has 0 aliphatic heterocycles. The zero-order valence-corrected chi connectivity index (χ0v) is 12.6. The van der Waals surface area contributed by atoms with E-state index in [0.717, 1.165) is 12.0 Å². The average molecular weight is 271 g/mol. The third kappa shape index (κ3) is 2.61. The number of benzene rings is 1. The van der Waals surface area contributed by atoms with Gasteiger partial charge in [0, 0.05) is 11.6 Å². The molecule has 2 atom stereocenters. The fourth-order valence-corrected chi connectivity index (χ4v) is 3.91. The van der Waals surface area contributed by atoms with Crippen molar-refractivity contribution in [2.75, 3.05) is 0 Å². The van der Waals surface area contributed by atoms with E-state index in [2.05, 4.69) is 31.3 Å². The van der Waals surface area contributed by atoms with Gasteiger partial charge in [-0.2, -0.15) is 0 Å². The molecule has 0 heterocycles. The molecule has 1 fully saturated rings. The number of nitrogens with one attached hydrogen (secondary N) is 1. The van der Waals surface area contributed by atoms with Crippen molar-refractivity contribution in [1.29, 1.82) is 0 Å². The quantitative estimate of drug-likeness (QED) is 0.872. The normalized spacial score (nSPS) is 29.0. The van der Waals surface area contributed by atoms with Crippen LogP contribution in [0, 0.1) is 11.8 Å². The first kappa shape index (κ1) is 13.7. The van der Waals surface area contributed by atoms with Crippen LogP contribution >= 0.6 is 0 Å². The van der Waals surface area contributed by atoms with Gasteiger partial charge in [-0.25, -0.2) is 0 Å². The number of hydrogen-bond donors (Lipinski definition) is 1. The molecule has 3 rings (SSSR count). The standard InChI is InChI=1S/C18H25NO/c1-12-5-3-6-13(2)17(12)19-18(20)16-10-9-14-7-4-8-15(14)11-16/h9-13,17H,3-8H2,1-2H3,(H,19,20). The molecule has 2 unspecified atom stereocenters. The van der Waals surface area contributed by atoms with Gasteiger partial charge >= 0.3 is 0 Å². The Morgan fingerprint density at radius 3 is 2.50 bits per heavy atom. The highest BCUT2D eigenvalue weighted by Gasteiger charge is 2.29. The fourth-order valence-electron chi connectivity index (χ4n) is 3.91. The SMILES string of the molecule is CC1CCCC(C)C1NC(=O)c1ccc2c(c1)CCC2. The molecule has 0 bridgehead atoms. The van der Waals surface area contributed by atoms with Crippen LogP contribution in [0.25, 0.3) is 0 Å². The number of amides is 1. The van der Waals surface area contributed by atoms with Gasteiger partial charge in [-0.1, -0.05) is 26.3 Å². The minimum atomic E-state index is 0.116. The van der Waals surface area contributed by atoms with Crippen molar-refractivity contribution in [2.45, 2.75) is 58.4 Å². The summed E-state index contributed by atoms with van der Waals surface area (Å²) in [6.07, 6.45) is 7.31. The summed E-state index contributed by atoms with van der Waals surface area (Å²) in [5, 5.41) is 3.29. The van der Waals surface area contributed by atoms with Crippen LogP contribution in [-0.4, -0.2) is 11.9 Å². The van der Waals surface area contributed by atoms with Gasteiger partial charge < -0.3 is 5.32 Å². The van der Waals surface area contributed by atoms with Crippen LogP contribution < -0.4 is 5.32 Å². The van der Waals surface area contributed by atoms with E-state index in [-0.39, 0.29) is 5.91 Å². The lowest BCUT2D eigenvalue weighted by Gasteiger charge is -2.35. The van der Waals surface area contributed by atoms with Gasteiger partial charge in [0.25, 0.3) is 5.91 Å². The molecule has 108 valence electrons. The predicted octanol–water partition coefficient (Wildman–Crippen LogP) is 3.73. The Morgan fingerprint density at radius 2 is 1.75 bits per heavy atom. The minimum absolute atomic E-state index is 0.116. The van der Waals surface area contributed by atoms with E-state index in [0.29, 0.717) is 17.9 Å². The van der Waals surface area contributed by atoms with Crippen LogP contribution in [-0.2, 0) is 12.8 Å². The second-order valence-corrected chi connectivity index (χ2v) is 6.72. The Hall–Kier alpha value is -1.31. The summed E-state index contributed by atoms with van der Waals surface area (Å²) in [7, 11) is 0. The number of aryl methyl sites for hydroxylation is 2. The maximum Gasteiger partial charge on any atom is 0.251 e. The molecule has 1 saturated carbocycles. The molecule has 0 aromatic heterocycles. The minimum Gasteiger partial charge on any atom is -0.349 e. The second-order valence-electron chi connectivity index (χ2n) is 6.72. The summed E-state index contributed by atoms with van der Waals surface area (Å²) in [6, 6.07) is 6.59. The molecule has 1 aromatic rings. The van der Waals surface area contributed by atoms with Crippen LogP contribution in [0.2, 0.25) is 0 Å². The first-order valence-corrected chi connectivity index (χ1v) is 8.08. The fraction of sp³-hybridized carbons (Fsp3) is 0.611. The maximum atomic E-state index is 12.5. The predicted molar refractivity (Wildman–Crippen MR) is 81.9 cm³/mol. The molecular weight excluding hydrogens is 246 g/mol. The van der Waals surface area contributed by atoms with Crippen molar-refractivity contribution in [3.63, 3.8) is 0 Å². The van der Waals surface area contributed by atoms with Crippen molar-refractivity contribution in [1.82, 2.24) is 5.32 Å². The van der Waals surface area contributed by atoms with E-state index in [4.69, 9.17) is 0 Å². The van der Waals surface area contributed by atoms with Crippen molar-refractivity contribution in [2.24, 2.45) is 11.8 Å². The number of carbonyl (C=O) groups is 1. The van der Waals surface area contributed by atoms with Crippen molar-refractivity contribution in [3.05, 3.63) is 34.9 Å². The molecule has 0 radical (unpaired) electrons. The summed E-state index contributed by atoms with van der Waals surface area (Å²) in [4.78, 5) is 12.5. The van der Waals surface area contributed by atoms with E-state index >= 15 is 0 Å². The Labute approximate surface area is 122 Å². The molecule has 2 aliphatic rings. The van der Waals surface area contributed by atoms with Crippen LogP contribution in [0.3, 0.4) is 0 Å². The van der Waals surface area contributed by atoms with Gasteiger partial charge in [-0.15, -0.1) is 0 Å². The van der Waals surface area contributed by atoms with Crippen molar-refractivity contribution >= 4 is 5.91 Å². The molecule has 2 aliphatic carbocycles. The largest absolute Gasteiger partial charge is 0.349 e. The van der Waals surface area contributed by atoms with Crippen molar-refractivity contribution in [3.8, 4) is 0 Å². The van der Waals surface area contributed by atoms with Crippen LogP contribution in [0.5, 0.6) is 0 Å². The van der Waals surface area contributed by atoms with E-state index < -0.39 is 0 Å². The molecular formula is C18H25NO. The lowest BCUT2D eigenvalue weighted by molar-refractivity contribution is 0.0880. The van der Waals surface area contributed by atoms with Gasteiger partial charge in [0.1, 0.15) is 0 Å². The van der Waals surface area contributed by atoms with E-state index in [1.54, 1.807) is 0 Å². The monoisotopic (exact) mass is 271 g/mol. The first-order chi connectivity index (χ1) is 9.65. The van der Waals surface area contributed by atoms with Gasteiger partial charge in [-0.3, -0.25) is 4.79 Å².